The van der Waals surface area contributed by atoms with Crippen LogP contribution in [0, 0.1) is 0 Å². The minimum Gasteiger partial charge on any atom is -0.480 e. The number of nitrogens with zero attached hydrogens (tertiary/aromatic N) is 1. The lowest BCUT2D eigenvalue weighted by atomic mass is 10.0. The predicted molar refractivity (Wildman–Crippen MR) is 75.1 cm³/mol. The van der Waals surface area contributed by atoms with E-state index < -0.39 is 12.0 Å². The molecular formula is C13H15BrN2O3. The van der Waals surface area contributed by atoms with Gasteiger partial charge in [0.2, 0.25) is 0 Å². The molecule has 1 aromatic carbocycles. The number of hydrogen-bond donors (Lipinski definition) is 2. The van der Waals surface area contributed by atoms with Crippen LogP contribution in [0.5, 0.6) is 0 Å². The van der Waals surface area contributed by atoms with Crippen LogP contribution in [-0.2, 0) is 4.79 Å². The Morgan fingerprint density at radius 1 is 1.26 bits per heavy atom. The second kappa shape index (κ2) is 6.06. The molecule has 0 aromatic heterocycles. The van der Waals surface area contributed by atoms with Crippen LogP contribution in [0.1, 0.15) is 19.3 Å². The number of urea groups is 1. The molecule has 0 bridgehead atoms. The van der Waals surface area contributed by atoms with Gasteiger partial charge < -0.3 is 15.3 Å². The molecule has 1 aliphatic rings. The molecule has 102 valence electrons. The van der Waals surface area contributed by atoms with Crippen LogP contribution < -0.4 is 5.32 Å². The SMILES string of the molecule is O=C(O)C1CCCCN1C(=O)Nc1ccc(Br)cc1. The zero-order valence-corrected chi connectivity index (χ0v) is 11.9. The molecule has 0 saturated carbocycles. The first-order valence-corrected chi connectivity index (χ1v) is 6.93. The van der Waals surface area contributed by atoms with Crippen molar-refractivity contribution in [3.63, 3.8) is 0 Å². The number of carboxylic acid groups (broad SMARTS) is 1. The fourth-order valence-electron chi connectivity index (χ4n) is 2.16. The van der Waals surface area contributed by atoms with Crippen molar-refractivity contribution < 1.29 is 14.7 Å². The number of benzene rings is 1. The minimum absolute atomic E-state index is 0.352. The third-order valence-corrected chi connectivity index (χ3v) is 3.67. The molecule has 19 heavy (non-hydrogen) atoms. The lowest BCUT2D eigenvalue weighted by molar-refractivity contribution is -0.143. The van der Waals surface area contributed by atoms with E-state index in [1.54, 1.807) is 12.1 Å². The third kappa shape index (κ3) is 3.47. The molecule has 2 N–H and O–H groups in total. The Kier molecular flexibility index (Phi) is 4.42. The summed E-state index contributed by atoms with van der Waals surface area (Å²) in [6, 6.07) is 6.10. The summed E-state index contributed by atoms with van der Waals surface area (Å²) in [5.74, 6) is -0.939. The van der Waals surface area contributed by atoms with Crippen molar-refractivity contribution in [3.8, 4) is 0 Å². The summed E-state index contributed by atoms with van der Waals surface area (Å²) in [4.78, 5) is 24.6. The van der Waals surface area contributed by atoms with Crippen LogP contribution in [0.15, 0.2) is 28.7 Å². The van der Waals surface area contributed by atoms with Gasteiger partial charge in [-0.3, -0.25) is 0 Å². The van der Waals surface area contributed by atoms with Gasteiger partial charge in [-0.15, -0.1) is 0 Å². The number of carbonyl (C=O) groups is 2. The van der Waals surface area contributed by atoms with Crippen molar-refractivity contribution in [3.05, 3.63) is 28.7 Å². The Balaban J connectivity index is 2.05. The number of piperidine rings is 1. The molecule has 5 nitrogen and oxygen atoms in total. The van der Waals surface area contributed by atoms with Gasteiger partial charge in [0, 0.05) is 16.7 Å². The molecule has 2 amide bonds. The molecule has 1 aliphatic heterocycles. The number of carboxylic acids is 1. The Hall–Kier alpha value is -1.56. The number of anilines is 1. The number of aliphatic carboxylic acids is 1. The number of amides is 2. The van der Waals surface area contributed by atoms with Crippen LogP contribution in [0.4, 0.5) is 10.5 Å². The molecule has 1 atom stereocenters. The molecule has 1 fully saturated rings. The van der Waals surface area contributed by atoms with E-state index in [1.165, 1.54) is 4.90 Å². The van der Waals surface area contributed by atoms with Gasteiger partial charge in [0.25, 0.3) is 0 Å². The summed E-state index contributed by atoms with van der Waals surface area (Å²) >= 11 is 3.32. The Morgan fingerprint density at radius 3 is 2.58 bits per heavy atom. The largest absolute Gasteiger partial charge is 0.480 e. The van der Waals surface area contributed by atoms with Gasteiger partial charge >= 0.3 is 12.0 Å². The second-order valence-electron chi connectivity index (χ2n) is 4.48. The number of rotatable bonds is 2. The standard InChI is InChI=1S/C13H15BrN2O3/c14-9-4-6-10(7-5-9)15-13(19)16-8-2-1-3-11(16)12(17)18/h4-7,11H,1-3,8H2,(H,15,19)(H,17,18). The van der Waals surface area contributed by atoms with E-state index in [9.17, 15) is 9.59 Å². The number of likely N-dealkylation sites (tertiary alicyclic amines) is 1. The monoisotopic (exact) mass is 326 g/mol. The molecule has 1 aromatic rings. The van der Waals surface area contributed by atoms with Crippen LogP contribution in [0.3, 0.4) is 0 Å². The van der Waals surface area contributed by atoms with E-state index >= 15 is 0 Å². The molecular weight excluding hydrogens is 312 g/mol. The van der Waals surface area contributed by atoms with Gasteiger partial charge in [-0.25, -0.2) is 9.59 Å². The van der Waals surface area contributed by atoms with Gasteiger partial charge in [0.15, 0.2) is 0 Å². The number of halogens is 1. The minimum atomic E-state index is -0.939. The Bertz CT molecular complexity index is 475. The molecule has 1 saturated heterocycles. The van der Waals surface area contributed by atoms with Gasteiger partial charge in [0.1, 0.15) is 6.04 Å². The zero-order valence-electron chi connectivity index (χ0n) is 10.3. The van der Waals surface area contributed by atoms with Crippen LogP contribution in [0.2, 0.25) is 0 Å². The highest BCUT2D eigenvalue weighted by Crippen LogP contribution is 2.20. The molecule has 0 aliphatic carbocycles. The van der Waals surface area contributed by atoms with Crippen molar-refractivity contribution >= 4 is 33.6 Å². The van der Waals surface area contributed by atoms with Gasteiger partial charge in [0.05, 0.1) is 0 Å². The van der Waals surface area contributed by atoms with Crippen molar-refractivity contribution in [2.45, 2.75) is 25.3 Å². The van der Waals surface area contributed by atoms with E-state index in [0.29, 0.717) is 18.7 Å². The first-order chi connectivity index (χ1) is 9.08. The maximum atomic E-state index is 12.1. The summed E-state index contributed by atoms with van der Waals surface area (Å²) in [7, 11) is 0. The molecule has 2 rings (SSSR count). The van der Waals surface area contributed by atoms with Crippen LogP contribution in [0.25, 0.3) is 0 Å². The zero-order chi connectivity index (χ0) is 13.8. The summed E-state index contributed by atoms with van der Waals surface area (Å²) in [6.45, 7) is 0.485. The molecule has 0 radical (unpaired) electrons. The third-order valence-electron chi connectivity index (χ3n) is 3.14. The lowest BCUT2D eigenvalue weighted by Gasteiger charge is -2.32. The predicted octanol–water partition coefficient (Wildman–Crippen LogP) is 2.92. The Morgan fingerprint density at radius 2 is 1.95 bits per heavy atom. The normalized spacial score (nSPS) is 19.0. The summed E-state index contributed by atoms with van der Waals surface area (Å²) in [5, 5.41) is 11.9. The smallest absolute Gasteiger partial charge is 0.326 e. The summed E-state index contributed by atoms with van der Waals surface area (Å²) in [5.41, 5.74) is 0.655. The van der Waals surface area contributed by atoms with Gasteiger partial charge in [-0.05, 0) is 43.5 Å². The van der Waals surface area contributed by atoms with Gasteiger partial charge in [-0.2, -0.15) is 0 Å². The molecule has 6 heteroatoms. The number of nitrogens with one attached hydrogen (secondary N) is 1. The molecule has 0 spiro atoms. The van der Waals surface area contributed by atoms with Crippen LogP contribution in [-0.4, -0.2) is 34.6 Å². The summed E-state index contributed by atoms with van der Waals surface area (Å²) < 4.78 is 0.923. The quantitative estimate of drug-likeness (QED) is 0.877. The molecule has 1 heterocycles. The van der Waals surface area contributed by atoms with Crippen molar-refractivity contribution in [1.29, 1.82) is 0 Å². The Labute approximate surface area is 119 Å². The first-order valence-electron chi connectivity index (χ1n) is 6.14. The van der Waals surface area contributed by atoms with E-state index in [-0.39, 0.29) is 6.03 Å². The maximum absolute atomic E-state index is 12.1. The molecule has 1 unspecified atom stereocenters. The highest BCUT2D eigenvalue weighted by molar-refractivity contribution is 9.10. The summed E-state index contributed by atoms with van der Waals surface area (Å²) in [6.07, 6.45) is 2.21. The van der Waals surface area contributed by atoms with Gasteiger partial charge in [-0.1, -0.05) is 15.9 Å². The topological polar surface area (TPSA) is 69.6 Å². The lowest BCUT2D eigenvalue weighted by Crippen LogP contribution is -2.49. The van der Waals surface area contributed by atoms with Crippen molar-refractivity contribution in [2.24, 2.45) is 0 Å². The van der Waals surface area contributed by atoms with E-state index in [2.05, 4.69) is 21.2 Å². The van der Waals surface area contributed by atoms with Crippen molar-refractivity contribution in [1.82, 2.24) is 4.90 Å². The van der Waals surface area contributed by atoms with E-state index in [1.807, 2.05) is 12.1 Å². The number of hydrogen-bond acceptors (Lipinski definition) is 2. The average Bonchev–Trinajstić information content (AvgIpc) is 2.41. The van der Waals surface area contributed by atoms with Crippen LogP contribution >= 0.6 is 15.9 Å². The first kappa shape index (κ1) is 13.9. The fraction of sp³-hybridized carbons (Fsp3) is 0.385. The second-order valence-corrected chi connectivity index (χ2v) is 5.40. The number of carbonyl (C=O) groups excluding carboxylic acids is 1. The highest BCUT2D eigenvalue weighted by Gasteiger charge is 2.31. The maximum Gasteiger partial charge on any atom is 0.326 e. The van der Waals surface area contributed by atoms with Crippen molar-refractivity contribution in [2.75, 3.05) is 11.9 Å². The fourth-order valence-corrected chi connectivity index (χ4v) is 2.42. The highest BCUT2D eigenvalue weighted by atomic mass is 79.9. The average molecular weight is 327 g/mol. The van der Waals surface area contributed by atoms with E-state index in [0.717, 1.165) is 17.3 Å². The van der Waals surface area contributed by atoms with E-state index in [4.69, 9.17) is 5.11 Å².